The number of phenolic OH excluding ortho intramolecular Hbond substituents is 1. The SMILES string of the molecule is Cc1cc(NC(=O)[C@H](OC(=O)c2ccc(O)cc2)c2ccccc2)no1. The molecule has 132 valence electrons. The van der Waals surface area contributed by atoms with Gasteiger partial charge in [0.05, 0.1) is 5.56 Å². The number of phenols is 1. The third-order valence-electron chi connectivity index (χ3n) is 3.55. The molecule has 0 spiro atoms. The van der Waals surface area contributed by atoms with Crippen molar-refractivity contribution in [2.45, 2.75) is 13.0 Å². The lowest BCUT2D eigenvalue weighted by atomic mass is 10.1. The van der Waals surface area contributed by atoms with Crippen LogP contribution in [0.25, 0.3) is 0 Å². The molecule has 0 fully saturated rings. The van der Waals surface area contributed by atoms with Crippen LogP contribution in [0.5, 0.6) is 5.75 Å². The van der Waals surface area contributed by atoms with E-state index < -0.39 is 18.0 Å². The number of hydrogen-bond acceptors (Lipinski definition) is 6. The summed E-state index contributed by atoms with van der Waals surface area (Å²) in [7, 11) is 0. The number of aromatic hydroxyl groups is 1. The quantitative estimate of drug-likeness (QED) is 0.684. The van der Waals surface area contributed by atoms with E-state index in [0.29, 0.717) is 11.3 Å². The van der Waals surface area contributed by atoms with Gasteiger partial charge in [0.25, 0.3) is 5.91 Å². The number of carbonyl (C=O) groups is 2. The van der Waals surface area contributed by atoms with Gasteiger partial charge in [-0.1, -0.05) is 35.5 Å². The lowest BCUT2D eigenvalue weighted by Crippen LogP contribution is -2.26. The molecule has 2 aromatic carbocycles. The molecule has 1 aromatic heterocycles. The Morgan fingerprint density at radius 3 is 2.42 bits per heavy atom. The van der Waals surface area contributed by atoms with Crippen LogP contribution in [0.3, 0.4) is 0 Å². The number of amides is 1. The van der Waals surface area contributed by atoms with Crippen LogP contribution in [0.1, 0.15) is 27.8 Å². The highest BCUT2D eigenvalue weighted by atomic mass is 16.5. The van der Waals surface area contributed by atoms with E-state index in [4.69, 9.17) is 9.26 Å². The molecule has 1 heterocycles. The summed E-state index contributed by atoms with van der Waals surface area (Å²) in [5, 5.41) is 15.6. The van der Waals surface area contributed by atoms with Crippen molar-refractivity contribution < 1.29 is 24.0 Å². The normalized spacial score (nSPS) is 11.6. The van der Waals surface area contributed by atoms with Gasteiger partial charge in [-0.2, -0.15) is 0 Å². The van der Waals surface area contributed by atoms with Crippen LogP contribution in [-0.2, 0) is 9.53 Å². The molecule has 3 aromatic rings. The fourth-order valence-electron chi connectivity index (χ4n) is 2.29. The topological polar surface area (TPSA) is 102 Å². The molecule has 0 saturated heterocycles. The van der Waals surface area contributed by atoms with Gasteiger partial charge in [-0.05, 0) is 31.2 Å². The minimum absolute atomic E-state index is 0.0281. The molecule has 0 unspecified atom stereocenters. The first-order chi connectivity index (χ1) is 12.5. The molecular weight excluding hydrogens is 336 g/mol. The van der Waals surface area contributed by atoms with Crippen LogP contribution in [0.15, 0.2) is 65.2 Å². The third kappa shape index (κ3) is 4.07. The summed E-state index contributed by atoms with van der Waals surface area (Å²) >= 11 is 0. The lowest BCUT2D eigenvalue weighted by Gasteiger charge is -2.17. The van der Waals surface area contributed by atoms with Crippen LogP contribution in [0.4, 0.5) is 5.82 Å². The zero-order chi connectivity index (χ0) is 18.5. The molecule has 0 saturated carbocycles. The van der Waals surface area contributed by atoms with Gasteiger partial charge in [0.1, 0.15) is 11.5 Å². The Bertz CT molecular complexity index is 903. The average Bonchev–Trinajstić information content (AvgIpc) is 3.05. The van der Waals surface area contributed by atoms with Crippen LogP contribution < -0.4 is 5.32 Å². The number of rotatable bonds is 5. The highest BCUT2D eigenvalue weighted by Crippen LogP contribution is 2.22. The Hall–Kier alpha value is -3.61. The number of aryl methyl sites for hydroxylation is 1. The zero-order valence-corrected chi connectivity index (χ0v) is 13.9. The maximum absolute atomic E-state index is 12.6. The summed E-state index contributed by atoms with van der Waals surface area (Å²) < 4.78 is 10.3. The molecule has 0 aliphatic carbocycles. The second-order valence-electron chi connectivity index (χ2n) is 5.55. The van der Waals surface area contributed by atoms with Gasteiger partial charge in [-0.3, -0.25) is 4.79 Å². The summed E-state index contributed by atoms with van der Waals surface area (Å²) in [5.74, 6) is -0.450. The summed E-state index contributed by atoms with van der Waals surface area (Å²) in [5.41, 5.74) is 0.728. The van der Waals surface area contributed by atoms with Crippen molar-refractivity contribution in [1.82, 2.24) is 5.16 Å². The summed E-state index contributed by atoms with van der Waals surface area (Å²) in [4.78, 5) is 25.0. The Labute approximate surface area is 149 Å². The zero-order valence-electron chi connectivity index (χ0n) is 13.9. The van der Waals surface area contributed by atoms with Crippen molar-refractivity contribution in [2.75, 3.05) is 5.32 Å². The minimum Gasteiger partial charge on any atom is -0.508 e. The van der Waals surface area contributed by atoms with Crippen LogP contribution in [0, 0.1) is 6.92 Å². The molecule has 0 aliphatic heterocycles. The number of esters is 1. The van der Waals surface area contributed by atoms with Gasteiger partial charge in [0.15, 0.2) is 5.82 Å². The highest BCUT2D eigenvalue weighted by molar-refractivity contribution is 5.97. The summed E-state index contributed by atoms with van der Waals surface area (Å²) in [6.07, 6.45) is -1.17. The number of nitrogens with one attached hydrogen (secondary N) is 1. The number of nitrogens with zero attached hydrogens (tertiary/aromatic N) is 1. The molecule has 26 heavy (non-hydrogen) atoms. The summed E-state index contributed by atoms with van der Waals surface area (Å²) in [6.45, 7) is 1.70. The largest absolute Gasteiger partial charge is 0.508 e. The van der Waals surface area contributed by atoms with Gasteiger partial charge in [0, 0.05) is 11.6 Å². The average molecular weight is 352 g/mol. The van der Waals surface area contributed by atoms with E-state index >= 15 is 0 Å². The molecule has 3 rings (SSSR count). The van der Waals surface area contributed by atoms with E-state index in [1.165, 1.54) is 24.3 Å². The number of anilines is 1. The molecule has 1 atom stereocenters. The fourth-order valence-corrected chi connectivity index (χ4v) is 2.29. The first-order valence-electron chi connectivity index (χ1n) is 7.82. The Balaban J connectivity index is 1.82. The Morgan fingerprint density at radius 2 is 1.81 bits per heavy atom. The molecule has 2 N–H and O–H groups in total. The standard InChI is InChI=1S/C19H16N2O5/c1-12-11-16(21-26-12)20-18(23)17(13-5-3-2-4-6-13)25-19(24)14-7-9-15(22)10-8-14/h2-11,17,22H,1H3,(H,20,21,23)/t17-/m1/s1. The number of carbonyl (C=O) groups excluding carboxylic acids is 2. The molecule has 0 aliphatic rings. The Kier molecular flexibility index (Phi) is 4.98. The predicted octanol–water partition coefficient (Wildman–Crippen LogP) is 3.23. The molecule has 0 bridgehead atoms. The van der Waals surface area contributed by atoms with Gasteiger partial charge in [-0.15, -0.1) is 0 Å². The maximum atomic E-state index is 12.6. The molecule has 1 amide bonds. The molecule has 0 radical (unpaired) electrons. The van der Waals surface area contributed by atoms with Crippen molar-refractivity contribution >= 4 is 17.7 Å². The van der Waals surface area contributed by atoms with E-state index in [0.717, 1.165) is 0 Å². The van der Waals surface area contributed by atoms with Crippen molar-refractivity contribution in [3.05, 3.63) is 77.6 Å². The fraction of sp³-hybridized carbons (Fsp3) is 0.105. The smallest absolute Gasteiger partial charge is 0.339 e. The second-order valence-corrected chi connectivity index (χ2v) is 5.55. The third-order valence-corrected chi connectivity index (χ3v) is 3.55. The van der Waals surface area contributed by atoms with E-state index in [-0.39, 0.29) is 17.1 Å². The van der Waals surface area contributed by atoms with E-state index in [2.05, 4.69) is 10.5 Å². The molecular formula is C19H16N2O5. The van der Waals surface area contributed by atoms with E-state index in [1.54, 1.807) is 43.3 Å². The minimum atomic E-state index is -1.17. The molecule has 7 nitrogen and oxygen atoms in total. The number of ether oxygens (including phenoxy) is 1. The van der Waals surface area contributed by atoms with Crippen LogP contribution in [0.2, 0.25) is 0 Å². The summed E-state index contributed by atoms with van der Waals surface area (Å²) in [6, 6.07) is 15.8. The lowest BCUT2D eigenvalue weighted by molar-refractivity contribution is -0.125. The highest BCUT2D eigenvalue weighted by Gasteiger charge is 2.26. The van der Waals surface area contributed by atoms with Crippen LogP contribution in [-0.4, -0.2) is 22.1 Å². The first-order valence-corrected chi connectivity index (χ1v) is 7.82. The predicted molar refractivity (Wildman–Crippen MR) is 92.6 cm³/mol. The number of hydrogen-bond donors (Lipinski definition) is 2. The van der Waals surface area contributed by atoms with Crippen molar-refractivity contribution in [3.8, 4) is 5.75 Å². The monoisotopic (exact) mass is 352 g/mol. The van der Waals surface area contributed by atoms with Crippen LogP contribution >= 0.6 is 0 Å². The van der Waals surface area contributed by atoms with Crippen molar-refractivity contribution in [1.29, 1.82) is 0 Å². The number of aromatic nitrogens is 1. The van der Waals surface area contributed by atoms with Gasteiger partial charge >= 0.3 is 5.97 Å². The molecule has 7 heteroatoms. The second kappa shape index (κ2) is 7.52. The number of benzene rings is 2. The maximum Gasteiger partial charge on any atom is 0.339 e. The van der Waals surface area contributed by atoms with Gasteiger partial charge < -0.3 is 19.7 Å². The van der Waals surface area contributed by atoms with Crippen molar-refractivity contribution in [3.63, 3.8) is 0 Å². The first kappa shape index (κ1) is 17.2. The van der Waals surface area contributed by atoms with Gasteiger partial charge in [-0.25, -0.2) is 4.79 Å². The van der Waals surface area contributed by atoms with Crippen molar-refractivity contribution in [2.24, 2.45) is 0 Å². The Morgan fingerprint density at radius 1 is 1.12 bits per heavy atom. The van der Waals surface area contributed by atoms with E-state index in [1.807, 2.05) is 0 Å². The van der Waals surface area contributed by atoms with E-state index in [9.17, 15) is 14.7 Å². The van der Waals surface area contributed by atoms with Gasteiger partial charge in [0.2, 0.25) is 6.10 Å².